The quantitative estimate of drug-likeness (QED) is 0.495. The predicted octanol–water partition coefficient (Wildman–Crippen LogP) is 2.93. The lowest BCUT2D eigenvalue weighted by Gasteiger charge is -2.33. The molecule has 1 N–H and O–H groups in total. The zero-order chi connectivity index (χ0) is 25.2. The number of fused-ring (bicyclic) bond motifs is 1. The number of benzene rings is 1. The fourth-order valence-corrected chi connectivity index (χ4v) is 4.79. The van der Waals surface area contributed by atoms with Gasteiger partial charge in [0.05, 0.1) is 24.2 Å². The molecule has 0 spiro atoms. The Balaban J connectivity index is 1.57. The average molecular weight is 521 g/mol. The molecule has 192 valence electrons. The molecule has 13 heteroatoms. The van der Waals surface area contributed by atoms with Crippen LogP contribution < -0.4 is 10.2 Å². The van der Waals surface area contributed by atoms with E-state index < -0.39 is 12.2 Å². The van der Waals surface area contributed by atoms with Gasteiger partial charge in [-0.2, -0.15) is 15.0 Å². The molecule has 5 rings (SSSR count). The van der Waals surface area contributed by atoms with Crippen molar-refractivity contribution in [2.24, 2.45) is 0 Å². The van der Waals surface area contributed by atoms with Crippen LogP contribution in [-0.4, -0.2) is 86.6 Å². The molecule has 0 aliphatic carbocycles. The van der Waals surface area contributed by atoms with E-state index in [1.807, 2.05) is 17.9 Å². The fourth-order valence-electron chi connectivity index (χ4n) is 4.63. The van der Waals surface area contributed by atoms with Gasteiger partial charge in [-0.05, 0) is 31.4 Å². The van der Waals surface area contributed by atoms with Gasteiger partial charge in [-0.25, -0.2) is 13.8 Å². The van der Waals surface area contributed by atoms with Crippen molar-refractivity contribution >= 4 is 40.4 Å². The van der Waals surface area contributed by atoms with Gasteiger partial charge in [0.2, 0.25) is 23.8 Å². The molecule has 36 heavy (non-hydrogen) atoms. The standard InChI is InChI=1S/C23H27ClF2N8O2/c1-14-4-2-6-16-18(14)28-20(19(25)26)34(16)23-30-21(29-22(31-23)32-8-10-36-11-9-32)27-15-5-3-7-33(13-15)17(35)12-24/h2,4,6,15,19H,3,5,7-13H2,1H3,(H,27,29,30,31). The maximum Gasteiger partial charge on any atom is 0.296 e. The van der Waals surface area contributed by atoms with Gasteiger partial charge in [-0.15, -0.1) is 11.6 Å². The highest BCUT2D eigenvalue weighted by Crippen LogP contribution is 2.29. The van der Waals surface area contributed by atoms with E-state index in [1.165, 1.54) is 4.57 Å². The summed E-state index contributed by atoms with van der Waals surface area (Å²) in [7, 11) is 0. The number of para-hydroxylation sites is 1. The van der Waals surface area contributed by atoms with E-state index >= 15 is 0 Å². The molecule has 2 aromatic heterocycles. The summed E-state index contributed by atoms with van der Waals surface area (Å²) in [5.74, 6) is 0.0393. The molecule has 2 aliphatic heterocycles. The highest BCUT2D eigenvalue weighted by molar-refractivity contribution is 6.27. The molecular formula is C23H27ClF2N8O2. The molecule has 0 saturated carbocycles. The lowest BCUT2D eigenvalue weighted by molar-refractivity contribution is -0.129. The van der Waals surface area contributed by atoms with Crippen LogP contribution >= 0.6 is 11.6 Å². The fraction of sp³-hybridized carbons (Fsp3) is 0.522. The normalized spacial score (nSPS) is 18.8. The molecule has 1 atom stereocenters. The summed E-state index contributed by atoms with van der Waals surface area (Å²) in [5, 5.41) is 3.30. The highest BCUT2D eigenvalue weighted by Gasteiger charge is 2.27. The molecule has 10 nitrogen and oxygen atoms in total. The minimum absolute atomic E-state index is 0.0573. The van der Waals surface area contributed by atoms with Crippen LogP contribution in [0.3, 0.4) is 0 Å². The second kappa shape index (κ2) is 10.5. The molecule has 0 bridgehead atoms. The number of piperidine rings is 1. The van der Waals surface area contributed by atoms with E-state index in [0.717, 1.165) is 18.4 Å². The number of hydrogen-bond donors (Lipinski definition) is 1. The van der Waals surface area contributed by atoms with Gasteiger partial charge in [0.1, 0.15) is 5.88 Å². The number of hydrogen-bond acceptors (Lipinski definition) is 8. The van der Waals surface area contributed by atoms with Crippen LogP contribution in [0.1, 0.15) is 30.7 Å². The predicted molar refractivity (Wildman–Crippen MR) is 131 cm³/mol. The second-order valence-electron chi connectivity index (χ2n) is 8.86. The molecule has 3 aromatic rings. The first-order chi connectivity index (χ1) is 17.4. The summed E-state index contributed by atoms with van der Waals surface area (Å²) in [5.41, 5.74) is 1.74. The Morgan fingerprint density at radius 2 is 1.94 bits per heavy atom. The average Bonchev–Trinajstić information content (AvgIpc) is 3.30. The van der Waals surface area contributed by atoms with Crippen LogP contribution in [0.25, 0.3) is 17.0 Å². The lowest BCUT2D eigenvalue weighted by Crippen LogP contribution is -2.46. The number of amides is 1. The van der Waals surface area contributed by atoms with Crippen LogP contribution in [-0.2, 0) is 9.53 Å². The van der Waals surface area contributed by atoms with Crippen LogP contribution in [0.4, 0.5) is 20.7 Å². The lowest BCUT2D eigenvalue weighted by atomic mass is 10.1. The van der Waals surface area contributed by atoms with Crippen molar-refractivity contribution in [2.75, 3.05) is 55.5 Å². The van der Waals surface area contributed by atoms with Crippen molar-refractivity contribution < 1.29 is 18.3 Å². The summed E-state index contributed by atoms with van der Waals surface area (Å²) in [4.78, 5) is 33.7. The molecular weight excluding hydrogens is 494 g/mol. The first kappa shape index (κ1) is 24.6. The van der Waals surface area contributed by atoms with Crippen LogP contribution in [0.2, 0.25) is 0 Å². The van der Waals surface area contributed by atoms with Crippen molar-refractivity contribution in [2.45, 2.75) is 32.2 Å². The summed E-state index contributed by atoms with van der Waals surface area (Å²) >= 11 is 5.75. The molecule has 2 saturated heterocycles. The zero-order valence-electron chi connectivity index (χ0n) is 19.8. The molecule has 1 unspecified atom stereocenters. The minimum Gasteiger partial charge on any atom is -0.378 e. The van der Waals surface area contributed by atoms with E-state index in [9.17, 15) is 13.6 Å². The maximum absolute atomic E-state index is 14.1. The Labute approximate surface area is 211 Å². The summed E-state index contributed by atoms with van der Waals surface area (Å²) in [6.07, 6.45) is -1.23. The van der Waals surface area contributed by atoms with E-state index in [2.05, 4.69) is 25.3 Å². The van der Waals surface area contributed by atoms with Crippen molar-refractivity contribution in [1.29, 1.82) is 0 Å². The highest BCUT2D eigenvalue weighted by atomic mass is 35.5. The molecule has 4 heterocycles. The summed E-state index contributed by atoms with van der Waals surface area (Å²) < 4.78 is 35.0. The number of aromatic nitrogens is 5. The van der Waals surface area contributed by atoms with E-state index in [1.54, 1.807) is 17.0 Å². The van der Waals surface area contributed by atoms with Crippen molar-refractivity contribution in [3.05, 3.63) is 29.6 Å². The van der Waals surface area contributed by atoms with Gasteiger partial charge in [-0.1, -0.05) is 12.1 Å². The topological polar surface area (TPSA) is 101 Å². The second-order valence-corrected chi connectivity index (χ2v) is 9.13. The van der Waals surface area contributed by atoms with Crippen molar-refractivity contribution in [3.63, 3.8) is 0 Å². The SMILES string of the molecule is Cc1cccc2c1nc(C(F)F)n2-c1nc(NC2CCCN(C(=O)CCl)C2)nc(N2CCOCC2)n1. The van der Waals surface area contributed by atoms with Gasteiger partial charge in [-0.3, -0.25) is 9.36 Å². The van der Waals surface area contributed by atoms with Crippen LogP contribution in [0, 0.1) is 6.92 Å². The maximum atomic E-state index is 14.1. The number of aryl methyl sites for hydroxylation is 1. The summed E-state index contributed by atoms with van der Waals surface area (Å²) in [6.45, 7) is 5.07. The molecule has 0 radical (unpaired) electrons. The third kappa shape index (κ3) is 4.92. The van der Waals surface area contributed by atoms with Crippen LogP contribution in [0.15, 0.2) is 18.2 Å². The number of imidazole rings is 1. The molecule has 2 aliphatic rings. The Hall–Kier alpha value is -3.12. The number of nitrogens with one attached hydrogen (secondary N) is 1. The first-order valence-corrected chi connectivity index (χ1v) is 12.4. The third-order valence-corrected chi connectivity index (χ3v) is 6.66. The van der Waals surface area contributed by atoms with Crippen molar-refractivity contribution in [1.82, 2.24) is 29.4 Å². The van der Waals surface area contributed by atoms with Gasteiger partial charge < -0.3 is 19.9 Å². The number of nitrogens with zero attached hydrogens (tertiary/aromatic N) is 7. The minimum atomic E-state index is -2.83. The van der Waals surface area contributed by atoms with Gasteiger partial charge >= 0.3 is 0 Å². The Morgan fingerprint density at radius 1 is 1.17 bits per heavy atom. The third-order valence-electron chi connectivity index (χ3n) is 6.44. The monoisotopic (exact) mass is 520 g/mol. The van der Waals surface area contributed by atoms with E-state index in [-0.39, 0.29) is 29.7 Å². The van der Waals surface area contributed by atoms with Crippen molar-refractivity contribution in [3.8, 4) is 5.95 Å². The smallest absolute Gasteiger partial charge is 0.296 e. The number of morpholine rings is 1. The number of ether oxygens (including phenoxy) is 1. The Morgan fingerprint density at radius 3 is 2.69 bits per heavy atom. The number of rotatable bonds is 6. The number of carbonyl (C=O) groups excluding carboxylic acids is 1. The first-order valence-electron chi connectivity index (χ1n) is 11.9. The largest absolute Gasteiger partial charge is 0.378 e. The Bertz CT molecular complexity index is 1250. The van der Waals surface area contributed by atoms with Gasteiger partial charge in [0, 0.05) is 32.2 Å². The number of alkyl halides is 3. The summed E-state index contributed by atoms with van der Waals surface area (Å²) in [6, 6.07) is 5.23. The van der Waals surface area contributed by atoms with Gasteiger partial charge in [0.15, 0.2) is 5.82 Å². The number of anilines is 2. The van der Waals surface area contributed by atoms with E-state index in [0.29, 0.717) is 56.4 Å². The zero-order valence-corrected chi connectivity index (χ0v) is 20.6. The number of carbonyl (C=O) groups is 1. The van der Waals surface area contributed by atoms with E-state index in [4.69, 9.17) is 16.3 Å². The molecule has 1 amide bonds. The number of halogens is 3. The van der Waals surface area contributed by atoms with Gasteiger partial charge in [0.25, 0.3) is 6.43 Å². The molecule has 2 fully saturated rings. The van der Waals surface area contributed by atoms with Crippen LogP contribution in [0.5, 0.6) is 0 Å². The Kier molecular flexibility index (Phi) is 7.15. The molecule has 1 aromatic carbocycles. The number of likely N-dealkylation sites (tertiary alicyclic amines) is 1.